The van der Waals surface area contributed by atoms with Crippen molar-refractivity contribution in [1.82, 2.24) is 4.90 Å². The van der Waals surface area contributed by atoms with Crippen molar-refractivity contribution in [2.45, 2.75) is 30.7 Å². The molecule has 2 atom stereocenters. The predicted octanol–water partition coefficient (Wildman–Crippen LogP) is 3.78. The Kier molecular flexibility index (Phi) is 3.97. The van der Waals surface area contributed by atoms with Gasteiger partial charge < -0.3 is 5.11 Å². The van der Waals surface area contributed by atoms with Crippen LogP contribution in [0.4, 0.5) is 0 Å². The number of Topliss-reactive ketones (excluding diaryl/α,β-unsaturated/α-hetero) is 1. The Labute approximate surface area is 148 Å². The Bertz CT molecular complexity index is 827. The summed E-state index contributed by atoms with van der Waals surface area (Å²) in [6.07, 6.45) is 4.46. The van der Waals surface area contributed by atoms with E-state index in [1.807, 2.05) is 42.5 Å². The molecule has 2 bridgehead atoms. The summed E-state index contributed by atoms with van der Waals surface area (Å²) >= 11 is 0. The SMILES string of the molecule is CN1CC[C@]2(c3cccc(O)c3)CC(=O)C(=Cc3ccccc3)C1C2. The molecule has 3 heteroatoms. The van der Waals surface area contributed by atoms with Gasteiger partial charge >= 0.3 is 0 Å². The molecule has 1 heterocycles. The van der Waals surface area contributed by atoms with Gasteiger partial charge in [-0.15, -0.1) is 0 Å². The van der Waals surface area contributed by atoms with Gasteiger partial charge in [0.2, 0.25) is 0 Å². The number of aromatic hydroxyl groups is 1. The molecule has 3 nitrogen and oxygen atoms in total. The first-order valence-electron chi connectivity index (χ1n) is 8.87. The second-order valence-electron chi connectivity index (χ2n) is 7.39. The molecule has 2 fully saturated rings. The molecule has 1 saturated carbocycles. The number of rotatable bonds is 2. The van der Waals surface area contributed by atoms with Crippen molar-refractivity contribution in [2.24, 2.45) is 0 Å². The number of nitrogens with zero attached hydrogens (tertiary/aromatic N) is 1. The number of fused-ring (bicyclic) bond motifs is 2. The Morgan fingerprint density at radius 3 is 2.72 bits per heavy atom. The average molecular weight is 333 g/mol. The van der Waals surface area contributed by atoms with Crippen molar-refractivity contribution in [1.29, 1.82) is 0 Å². The number of benzene rings is 2. The Morgan fingerprint density at radius 1 is 1.16 bits per heavy atom. The minimum atomic E-state index is -0.152. The third-order valence-corrected chi connectivity index (χ3v) is 5.82. The summed E-state index contributed by atoms with van der Waals surface area (Å²) in [6.45, 7) is 0.958. The van der Waals surface area contributed by atoms with Gasteiger partial charge in [0.1, 0.15) is 5.75 Å². The number of hydrogen-bond acceptors (Lipinski definition) is 3. The number of phenolic OH excluding ortho intramolecular Hbond substituents is 1. The maximum absolute atomic E-state index is 13.1. The number of phenols is 1. The number of likely N-dealkylation sites (tertiary alicyclic amines) is 1. The Morgan fingerprint density at radius 2 is 1.96 bits per heavy atom. The topological polar surface area (TPSA) is 40.5 Å². The normalized spacial score (nSPS) is 28.3. The number of ketones is 1. The van der Waals surface area contributed by atoms with Crippen LogP contribution in [0.25, 0.3) is 6.08 Å². The van der Waals surface area contributed by atoms with Gasteiger partial charge in [-0.2, -0.15) is 0 Å². The van der Waals surface area contributed by atoms with Crippen LogP contribution in [0.1, 0.15) is 30.4 Å². The van der Waals surface area contributed by atoms with Crippen LogP contribution >= 0.6 is 0 Å². The van der Waals surface area contributed by atoms with E-state index in [2.05, 4.69) is 24.1 Å². The zero-order valence-corrected chi connectivity index (χ0v) is 14.5. The zero-order chi connectivity index (χ0) is 17.4. The summed E-state index contributed by atoms with van der Waals surface area (Å²) in [5.74, 6) is 0.510. The van der Waals surface area contributed by atoms with Crippen LogP contribution in [0.2, 0.25) is 0 Å². The molecule has 0 aromatic heterocycles. The second kappa shape index (κ2) is 6.16. The van der Waals surface area contributed by atoms with Crippen LogP contribution in [-0.4, -0.2) is 35.4 Å². The van der Waals surface area contributed by atoms with Gasteiger partial charge in [-0.1, -0.05) is 42.5 Å². The van der Waals surface area contributed by atoms with Gasteiger partial charge in [-0.3, -0.25) is 9.69 Å². The van der Waals surface area contributed by atoms with Crippen molar-refractivity contribution < 1.29 is 9.90 Å². The summed E-state index contributed by atoms with van der Waals surface area (Å²) in [7, 11) is 2.11. The van der Waals surface area contributed by atoms with Crippen LogP contribution in [0.5, 0.6) is 5.75 Å². The number of carbonyl (C=O) groups is 1. The molecule has 0 spiro atoms. The van der Waals surface area contributed by atoms with E-state index in [4.69, 9.17) is 0 Å². The molecule has 1 aliphatic heterocycles. The van der Waals surface area contributed by atoms with Crippen molar-refractivity contribution in [3.8, 4) is 5.75 Å². The molecule has 2 aromatic rings. The standard InChI is InChI=1S/C22H23NO2/c1-23-11-10-22(17-8-5-9-18(24)13-17)14-20(23)19(21(25)15-22)12-16-6-3-2-4-7-16/h2-9,12-13,20,24H,10-11,14-15H2,1H3/t20?,22-/m1/s1. The average Bonchev–Trinajstić information content (AvgIpc) is 2.62. The lowest BCUT2D eigenvalue weighted by molar-refractivity contribution is -0.120. The summed E-state index contributed by atoms with van der Waals surface area (Å²) in [4.78, 5) is 15.4. The molecule has 1 saturated heterocycles. The third kappa shape index (κ3) is 2.89. The smallest absolute Gasteiger partial charge is 0.161 e. The fourth-order valence-corrected chi connectivity index (χ4v) is 4.38. The van der Waals surface area contributed by atoms with Crippen molar-refractivity contribution in [2.75, 3.05) is 13.6 Å². The number of carbonyl (C=O) groups excluding carboxylic acids is 1. The molecular formula is C22H23NO2. The van der Waals surface area contributed by atoms with E-state index in [0.29, 0.717) is 6.42 Å². The minimum absolute atomic E-state index is 0.137. The lowest BCUT2D eigenvalue weighted by Crippen LogP contribution is -2.53. The van der Waals surface area contributed by atoms with E-state index >= 15 is 0 Å². The Balaban J connectivity index is 1.74. The fraction of sp³-hybridized carbons (Fsp3) is 0.318. The molecule has 128 valence electrons. The second-order valence-corrected chi connectivity index (χ2v) is 7.39. The summed E-state index contributed by atoms with van der Waals surface area (Å²) < 4.78 is 0. The van der Waals surface area contributed by atoms with Crippen molar-refractivity contribution in [3.63, 3.8) is 0 Å². The maximum atomic E-state index is 13.1. The van der Waals surface area contributed by atoms with Gasteiger partial charge in [0.05, 0.1) is 0 Å². The molecule has 2 aliphatic rings. The molecular weight excluding hydrogens is 310 g/mol. The summed E-state index contributed by atoms with van der Waals surface area (Å²) in [5, 5.41) is 9.90. The van der Waals surface area contributed by atoms with Crippen LogP contribution in [0, 0.1) is 0 Å². The molecule has 25 heavy (non-hydrogen) atoms. The van der Waals surface area contributed by atoms with Gasteiger partial charge in [-0.25, -0.2) is 0 Å². The van der Waals surface area contributed by atoms with Gasteiger partial charge in [-0.05, 0) is 55.8 Å². The predicted molar refractivity (Wildman–Crippen MR) is 99.5 cm³/mol. The van der Waals surface area contributed by atoms with E-state index in [0.717, 1.165) is 36.1 Å². The van der Waals surface area contributed by atoms with E-state index < -0.39 is 0 Å². The molecule has 2 aromatic carbocycles. The third-order valence-electron chi connectivity index (χ3n) is 5.82. The Hall–Kier alpha value is -2.39. The fourth-order valence-electron chi connectivity index (χ4n) is 4.38. The quantitative estimate of drug-likeness (QED) is 0.850. The largest absolute Gasteiger partial charge is 0.508 e. The lowest BCUT2D eigenvalue weighted by atomic mass is 9.61. The highest BCUT2D eigenvalue weighted by atomic mass is 16.3. The van der Waals surface area contributed by atoms with Gasteiger partial charge in [0.25, 0.3) is 0 Å². The lowest BCUT2D eigenvalue weighted by Gasteiger charge is -2.50. The monoisotopic (exact) mass is 333 g/mol. The molecule has 0 radical (unpaired) electrons. The molecule has 1 aliphatic carbocycles. The molecule has 1 unspecified atom stereocenters. The highest BCUT2D eigenvalue weighted by Gasteiger charge is 2.48. The van der Waals surface area contributed by atoms with Crippen LogP contribution < -0.4 is 0 Å². The highest BCUT2D eigenvalue weighted by Crippen LogP contribution is 2.47. The maximum Gasteiger partial charge on any atom is 0.161 e. The summed E-state index contributed by atoms with van der Waals surface area (Å²) in [6, 6.07) is 17.7. The molecule has 0 amide bonds. The summed E-state index contributed by atoms with van der Waals surface area (Å²) in [5.41, 5.74) is 2.94. The van der Waals surface area contributed by atoms with Crippen molar-refractivity contribution >= 4 is 11.9 Å². The number of hydrogen-bond donors (Lipinski definition) is 1. The van der Waals surface area contributed by atoms with Crippen LogP contribution in [0.15, 0.2) is 60.2 Å². The first kappa shape index (κ1) is 16.1. The van der Waals surface area contributed by atoms with Gasteiger partial charge in [0.15, 0.2) is 5.78 Å². The molecule has 4 rings (SSSR count). The van der Waals surface area contributed by atoms with E-state index in [9.17, 15) is 9.90 Å². The number of likely N-dealkylation sites (N-methyl/N-ethyl adjacent to an activating group) is 1. The van der Waals surface area contributed by atoms with Crippen molar-refractivity contribution in [3.05, 3.63) is 71.3 Å². The van der Waals surface area contributed by atoms with E-state index in [1.165, 1.54) is 0 Å². The first-order valence-corrected chi connectivity index (χ1v) is 8.87. The van der Waals surface area contributed by atoms with E-state index in [1.54, 1.807) is 6.07 Å². The van der Waals surface area contributed by atoms with Gasteiger partial charge in [0, 0.05) is 23.5 Å². The van der Waals surface area contributed by atoms with E-state index in [-0.39, 0.29) is 23.0 Å². The van der Waals surface area contributed by atoms with Crippen LogP contribution in [-0.2, 0) is 10.2 Å². The zero-order valence-electron chi connectivity index (χ0n) is 14.5. The highest BCUT2D eigenvalue weighted by molar-refractivity contribution is 6.02. The molecule has 1 N–H and O–H groups in total. The minimum Gasteiger partial charge on any atom is -0.508 e. The first-order chi connectivity index (χ1) is 12.1. The van der Waals surface area contributed by atoms with Crippen LogP contribution in [0.3, 0.4) is 0 Å². The number of piperidine rings is 1.